The van der Waals surface area contributed by atoms with Crippen molar-refractivity contribution in [1.29, 1.82) is 0 Å². The van der Waals surface area contributed by atoms with Crippen molar-refractivity contribution in [2.45, 2.75) is 19.9 Å². The molecule has 168 valence electrons. The Morgan fingerprint density at radius 2 is 1.88 bits per heavy atom. The van der Waals surface area contributed by atoms with E-state index in [2.05, 4.69) is 15.0 Å². The summed E-state index contributed by atoms with van der Waals surface area (Å²) in [4.78, 5) is 45.5. The van der Waals surface area contributed by atoms with Crippen LogP contribution in [0.1, 0.15) is 28.5 Å². The number of ether oxygens (including phenoxy) is 1. The van der Waals surface area contributed by atoms with E-state index in [0.29, 0.717) is 38.4 Å². The summed E-state index contributed by atoms with van der Waals surface area (Å²) in [7, 11) is 0. The number of nitrogens with one attached hydrogen (secondary N) is 1. The molecule has 9 nitrogen and oxygen atoms in total. The first kappa shape index (κ1) is 21.7. The van der Waals surface area contributed by atoms with E-state index < -0.39 is 5.97 Å². The summed E-state index contributed by atoms with van der Waals surface area (Å²) in [5.74, 6) is -0.862. The van der Waals surface area contributed by atoms with Crippen molar-refractivity contribution in [3.8, 4) is 0 Å². The summed E-state index contributed by atoms with van der Waals surface area (Å²) in [6, 6.07) is 7.38. The van der Waals surface area contributed by atoms with Crippen LogP contribution in [0.2, 0.25) is 0 Å². The van der Waals surface area contributed by atoms with Gasteiger partial charge >= 0.3 is 5.97 Å². The molecule has 0 saturated carbocycles. The Bertz CT molecular complexity index is 1180. The number of fused-ring (bicyclic) bond motifs is 1. The number of hydrogen-bond donors (Lipinski definition) is 1. The first-order valence-electron chi connectivity index (χ1n) is 10.5. The van der Waals surface area contributed by atoms with Crippen LogP contribution in [0.5, 0.6) is 0 Å². The molecular weight excluding hydrogens is 417 g/mol. The lowest BCUT2D eigenvalue weighted by Crippen LogP contribution is -2.48. The van der Waals surface area contributed by atoms with Crippen LogP contribution >= 0.6 is 0 Å². The summed E-state index contributed by atoms with van der Waals surface area (Å²) in [5, 5.41) is 2.73. The average molecular weight is 441 g/mol. The number of rotatable bonds is 6. The molecule has 10 heteroatoms. The molecule has 1 fully saturated rings. The molecule has 0 radical (unpaired) electrons. The molecule has 1 amide bonds. The predicted molar refractivity (Wildman–Crippen MR) is 114 cm³/mol. The van der Waals surface area contributed by atoms with Gasteiger partial charge in [-0.15, -0.1) is 0 Å². The number of aromatic nitrogens is 3. The molecule has 1 aliphatic rings. The van der Waals surface area contributed by atoms with Crippen molar-refractivity contribution in [1.82, 2.24) is 24.4 Å². The van der Waals surface area contributed by atoms with Crippen molar-refractivity contribution < 1.29 is 18.7 Å². The molecule has 1 aromatic carbocycles. The van der Waals surface area contributed by atoms with E-state index in [-0.39, 0.29) is 41.5 Å². The van der Waals surface area contributed by atoms with Crippen LogP contribution in [0.15, 0.2) is 41.3 Å². The van der Waals surface area contributed by atoms with Gasteiger partial charge in [-0.3, -0.25) is 19.6 Å². The zero-order valence-corrected chi connectivity index (χ0v) is 17.7. The third-order valence-electron chi connectivity index (χ3n) is 5.43. The molecule has 0 spiro atoms. The van der Waals surface area contributed by atoms with E-state index in [0.717, 1.165) is 5.56 Å². The quantitative estimate of drug-likeness (QED) is 0.578. The van der Waals surface area contributed by atoms with Crippen LogP contribution in [-0.4, -0.2) is 69.1 Å². The van der Waals surface area contributed by atoms with E-state index in [1.807, 2.05) is 0 Å². The summed E-state index contributed by atoms with van der Waals surface area (Å²) >= 11 is 0. The fourth-order valence-electron chi connectivity index (χ4n) is 3.74. The number of aromatic amines is 1. The number of H-pyrrole nitrogens is 1. The number of halogens is 1. The normalized spacial score (nSPS) is 14.6. The molecule has 1 saturated heterocycles. The van der Waals surface area contributed by atoms with Gasteiger partial charge in [-0.25, -0.2) is 18.7 Å². The number of hydrogen-bond acceptors (Lipinski definition) is 6. The molecule has 0 bridgehead atoms. The number of amides is 1. The van der Waals surface area contributed by atoms with Crippen LogP contribution in [0, 0.1) is 5.82 Å². The first-order chi connectivity index (χ1) is 15.4. The van der Waals surface area contributed by atoms with Crippen molar-refractivity contribution in [3.05, 3.63) is 69.5 Å². The molecule has 32 heavy (non-hydrogen) atoms. The second-order valence-electron chi connectivity index (χ2n) is 7.61. The number of benzene rings is 1. The van der Waals surface area contributed by atoms with Crippen LogP contribution in [0.3, 0.4) is 0 Å². The summed E-state index contributed by atoms with van der Waals surface area (Å²) < 4.78 is 19.3. The van der Waals surface area contributed by atoms with Gasteiger partial charge in [0, 0.05) is 45.0 Å². The van der Waals surface area contributed by atoms with Crippen LogP contribution in [0.25, 0.3) is 5.65 Å². The third-order valence-corrected chi connectivity index (χ3v) is 5.43. The molecule has 2 aromatic heterocycles. The Kier molecular flexibility index (Phi) is 6.31. The van der Waals surface area contributed by atoms with Crippen molar-refractivity contribution in [2.75, 3.05) is 32.8 Å². The van der Waals surface area contributed by atoms with E-state index >= 15 is 0 Å². The minimum atomic E-state index is -0.538. The molecule has 4 rings (SSSR count). The van der Waals surface area contributed by atoms with Gasteiger partial charge in [0.1, 0.15) is 11.4 Å². The summed E-state index contributed by atoms with van der Waals surface area (Å²) in [5.41, 5.74) is 1.46. The molecule has 0 unspecified atom stereocenters. The topological polar surface area (TPSA) is 100 Å². The predicted octanol–water partition coefficient (Wildman–Crippen LogP) is 1.23. The fraction of sp³-hybridized carbons (Fsp3) is 0.364. The number of carbonyl (C=O) groups is 2. The Morgan fingerprint density at radius 1 is 1.16 bits per heavy atom. The van der Waals surface area contributed by atoms with E-state index in [1.165, 1.54) is 28.9 Å². The smallest absolute Gasteiger partial charge is 0.343 e. The second kappa shape index (κ2) is 9.31. The lowest BCUT2D eigenvalue weighted by atomic mass is 10.1. The van der Waals surface area contributed by atoms with Gasteiger partial charge in [-0.05, 0) is 24.6 Å². The lowest BCUT2D eigenvalue weighted by molar-refractivity contribution is -0.132. The van der Waals surface area contributed by atoms with Gasteiger partial charge in [0.25, 0.3) is 5.56 Å². The average Bonchev–Trinajstić information content (AvgIpc) is 3.21. The lowest BCUT2D eigenvalue weighted by Gasteiger charge is -2.34. The third kappa shape index (κ3) is 4.70. The molecule has 1 aliphatic heterocycles. The summed E-state index contributed by atoms with van der Waals surface area (Å²) in [6.45, 7) is 4.74. The monoisotopic (exact) mass is 441 g/mol. The molecule has 3 aromatic rings. The molecule has 3 heterocycles. The summed E-state index contributed by atoms with van der Waals surface area (Å²) in [6.07, 6.45) is 1.65. The minimum Gasteiger partial charge on any atom is -0.462 e. The van der Waals surface area contributed by atoms with E-state index in [9.17, 15) is 18.8 Å². The fourth-order valence-corrected chi connectivity index (χ4v) is 3.74. The van der Waals surface area contributed by atoms with Crippen molar-refractivity contribution >= 4 is 17.5 Å². The van der Waals surface area contributed by atoms with E-state index in [1.54, 1.807) is 24.0 Å². The zero-order chi connectivity index (χ0) is 22.7. The number of piperazine rings is 1. The highest BCUT2D eigenvalue weighted by Gasteiger charge is 2.23. The molecule has 0 aliphatic carbocycles. The van der Waals surface area contributed by atoms with Gasteiger partial charge in [0.2, 0.25) is 5.91 Å². The minimum absolute atomic E-state index is 0.000415. The number of nitrogens with zero attached hydrogens (tertiary/aromatic N) is 4. The van der Waals surface area contributed by atoms with Crippen LogP contribution < -0.4 is 5.56 Å². The molecular formula is C22H24FN5O4. The highest BCUT2D eigenvalue weighted by molar-refractivity contribution is 5.95. The largest absolute Gasteiger partial charge is 0.462 e. The Hall–Kier alpha value is -3.53. The number of esters is 1. The Labute approximate surface area is 183 Å². The van der Waals surface area contributed by atoms with Crippen LogP contribution in [-0.2, 0) is 22.5 Å². The van der Waals surface area contributed by atoms with Crippen LogP contribution in [0.4, 0.5) is 4.39 Å². The maximum Gasteiger partial charge on any atom is 0.343 e. The van der Waals surface area contributed by atoms with E-state index in [4.69, 9.17) is 4.74 Å². The second-order valence-corrected chi connectivity index (χ2v) is 7.61. The molecule has 0 atom stereocenters. The van der Waals surface area contributed by atoms with Gasteiger partial charge < -0.3 is 9.64 Å². The van der Waals surface area contributed by atoms with Gasteiger partial charge in [-0.2, -0.15) is 0 Å². The van der Waals surface area contributed by atoms with Crippen molar-refractivity contribution in [2.24, 2.45) is 0 Å². The number of carbonyl (C=O) groups excluding carboxylic acids is 2. The standard InChI is InChI=1S/C22H24FN5O4/c1-2-32-22(31)18-13-24-28-20(30)12-17(25-21(18)28)14-26-7-9-27(10-8-26)19(29)11-15-3-5-16(23)6-4-15/h3-6,12-13,24H,2,7-11,14H2,1H3. The van der Waals surface area contributed by atoms with Gasteiger partial charge in [-0.1, -0.05) is 12.1 Å². The van der Waals surface area contributed by atoms with Crippen molar-refractivity contribution in [3.63, 3.8) is 0 Å². The highest BCUT2D eigenvalue weighted by Crippen LogP contribution is 2.12. The zero-order valence-electron chi connectivity index (χ0n) is 17.7. The highest BCUT2D eigenvalue weighted by atomic mass is 19.1. The maximum atomic E-state index is 13.0. The van der Waals surface area contributed by atoms with Gasteiger partial charge in [0.05, 0.1) is 18.7 Å². The maximum absolute atomic E-state index is 13.0. The first-order valence-corrected chi connectivity index (χ1v) is 10.5. The van der Waals surface area contributed by atoms with Gasteiger partial charge in [0.15, 0.2) is 5.65 Å². The molecule has 1 N–H and O–H groups in total. The Balaban J connectivity index is 1.39. The SMILES string of the molecule is CCOC(=O)c1c[nH]n2c(=O)cc(CN3CCN(C(=O)Cc4ccc(F)cc4)CC3)nc12. The Morgan fingerprint density at radius 3 is 2.56 bits per heavy atom.